The van der Waals surface area contributed by atoms with Gasteiger partial charge in [-0.05, 0) is 25.3 Å². The number of hydrogen-bond donors (Lipinski definition) is 1. The maximum atomic E-state index is 12.3. The van der Waals surface area contributed by atoms with Crippen molar-refractivity contribution in [2.24, 2.45) is 0 Å². The van der Waals surface area contributed by atoms with Gasteiger partial charge in [-0.1, -0.05) is 36.4 Å². The molecule has 1 aromatic carbocycles. The zero-order valence-corrected chi connectivity index (χ0v) is 13.3. The highest BCUT2D eigenvalue weighted by Gasteiger charge is 2.22. The second-order valence-electron chi connectivity index (χ2n) is 4.99. The van der Waals surface area contributed by atoms with Crippen molar-refractivity contribution in [3.63, 3.8) is 0 Å². The van der Waals surface area contributed by atoms with Crippen molar-refractivity contribution in [3.8, 4) is 12.3 Å². The summed E-state index contributed by atoms with van der Waals surface area (Å²) in [6, 6.07) is 8.86. The molecule has 0 aliphatic carbocycles. The number of allylic oxidation sites excluding steroid dienone is 1. The minimum atomic E-state index is -0.952. The van der Waals surface area contributed by atoms with Gasteiger partial charge >= 0.3 is 5.97 Å². The first kappa shape index (κ1) is 18.7. The summed E-state index contributed by atoms with van der Waals surface area (Å²) in [7, 11) is 0. The first-order valence-electron chi connectivity index (χ1n) is 7.67. The van der Waals surface area contributed by atoms with Gasteiger partial charge in [0.15, 0.2) is 5.78 Å². The fourth-order valence-corrected chi connectivity index (χ4v) is 2.05. The van der Waals surface area contributed by atoms with E-state index in [1.165, 1.54) is 0 Å². The molecule has 0 heterocycles. The van der Waals surface area contributed by atoms with Gasteiger partial charge in [0.2, 0.25) is 0 Å². The maximum absolute atomic E-state index is 12.3. The largest absolute Gasteiger partial charge is 0.462 e. The Hall–Kier alpha value is -2.38. The molecule has 0 saturated heterocycles. The second kappa shape index (κ2) is 10.4. The van der Waals surface area contributed by atoms with Crippen LogP contribution in [0.25, 0.3) is 0 Å². The lowest BCUT2D eigenvalue weighted by Gasteiger charge is -2.11. The summed E-state index contributed by atoms with van der Waals surface area (Å²) in [6.45, 7) is 1.87. The summed E-state index contributed by atoms with van der Waals surface area (Å²) in [5.41, 5.74) is 0.621. The van der Waals surface area contributed by atoms with Gasteiger partial charge in [0, 0.05) is 12.8 Å². The molecule has 0 fully saturated rings. The van der Waals surface area contributed by atoms with Crippen LogP contribution >= 0.6 is 0 Å². The van der Waals surface area contributed by atoms with Crippen LogP contribution in [0.1, 0.15) is 44.3 Å². The summed E-state index contributed by atoms with van der Waals surface area (Å²) < 4.78 is 4.92. The van der Waals surface area contributed by atoms with Crippen LogP contribution in [0.15, 0.2) is 42.0 Å². The molecule has 0 aliphatic rings. The number of hydrogen-bond acceptors (Lipinski definition) is 4. The average molecular weight is 314 g/mol. The van der Waals surface area contributed by atoms with Gasteiger partial charge in [-0.3, -0.25) is 4.79 Å². The standard InChI is InChI=1S/C19H22O4/c1-3-5-6-10-13-16(19(22)23-4-2)18(21)14-17(20)15-11-8-7-9-12-15/h1,7-9,11-13,17,20H,4-6,10,14H2,2H3. The van der Waals surface area contributed by atoms with E-state index in [2.05, 4.69) is 5.92 Å². The summed E-state index contributed by atoms with van der Waals surface area (Å²) in [5.74, 6) is 1.42. The smallest absolute Gasteiger partial charge is 0.341 e. The topological polar surface area (TPSA) is 63.6 Å². The minimum absolute atomic E-state index is 0.0150. The number of unbranched alkanes of at least 4 members (excludes halogenated alkanes) is 2. The zero-order valence-electron chi connectivity index (χ0n) is 13.3. The van der Waals surface area contributed by atoms with Crippen molar-refractivity contribution in [3.05, 3.63) is 47.5 Å². The van der Waals surface area contributed by atoms with E-state index in [-0.39, 0.29) is 18.6 Å². The van der Waals surface area contributed by atoms with Crippen LogP contribution in [0.2, 0.25) is 0 Å². The Bertz CT molecular complexity index is 581. The van der Waals surface area contributed by atoms with E-state index in [9.17, 15) is 14.7 Å². The van der Waals surface area contributed by atoms with E-state index >= 15 is 0 Å². The highest BCUT2D eigenvalue weighted by molar-refractivity contribution is 6.17. The van der Waals surface area contributed by atoms with E-state index in [1.54, 1.807) is 37.3 Å². The lowest BCUT2D eigenvalue weighted by molar-refractivity contribution is -0.140. The van der Waals surface area contributed by atoms with Gasteiger partial charge in [0.1, 0.15) is 0 Å². The van der Waals surface area contributed by atoms with Crippen molar-refractivity contribution in [2.45, 2.75) is 38.7 Å². The molecule has 0 aliphatic heterocycles. The minimum Gasteiger partial charge on any atom is -0.462 e. The Balaban J connectivity index is 2.78. The van der Waals surface area contributed by atoms with Crippen LogP contribution in [0.3, 0.4) is 0 Å². The number of ketones is 1. The van der Waals surface area contributed by atoms with E-state index < -0.39 is 17.9 Å². The van der Waals surface area contributed by atoms with Crippen LogP contribution in [0, 0.1) is 12.3 Å². The monoisotopic (exact) mass is 314 g/mol. The number of aliphatic hydroxyl groups excluding tert-OH is 1. The third-order valence-corrected chi connectivity index (χ3v) is 3.23. The molecular weight excluding hydrogens is 292 g/mol. The van der Waals surface area contributed by atoms with Gasteiger partial charge in [-0.2, -0.15) is 0 Å². The lowest BCUT2D eigenvalue weighted by Crippen LogP contribution is -2.18. The van der Waals surface area contributed by atoms with Gasteiger partial charge in [0.05, 0.1) is 18.3 Å². The van der Waals surface area contributed by atoms with Crippen LogP contribution in [-0.2, 0) is 14.3 Å². The second-order valence-corrected chi connectivity index (χ2v) is 4.99. The van der Waals surface area contributed by atoms with Crippen molar-refractivity contribution < 1.29 is 19.4 Å². The Kier molecular flexibility index (Phi) is 8.41. The number of Topliss-reactive ketones (excluding diaryl/α,β-unsaturated/α-hetero) is 1. The molecule has 0 bridgehead atoms. The predicted molar refractivity (Wildman–Crippen MR) is 88.4 cm³/mol. The molecule has 1 atom stereocenters. The molecule has 23 heavy (non-hydrogen) atoms. The van der Waals surface area contributed by atoms with Gasteiger partial charge in [-0.25, -0.2) is 4.79 Å². The molecule has 0 aromatic heterocycles. The van der Waals surface area contributed by atoms with Crippen molar-refractivity contribution in [1.82, 2.24) is 0 Å². The number of aliphatic hydroxyl groups is 1. The van der Waals surface area contributed by atoms with Crippen molar-refractivity contribution in [2.75, 3.05) is 6.61 Å². The molecule has 0 amide bonds. The number of ether oxygens (including phenoxy) is 1. The summed E-state index contributed by atoms with van der Waals surface area (Å²) in [5, 5.41) is 10.1. The molecule has 1 N–H and O–H groups in total. The first-order valence-corrected chi connectivity index (χ1v) is 7.67. The third-order valence-electron chi connectivity index (χ3n) is 3.23. The Labute approximate surface area is 137 Å². The molecule has 0 spiro atoms. The molecule has 1 rings (SSSR count). The number of carbonyl (C=O) groups excluding carboxylic acids is 2. The van der Waals surface area contributed by atoms with Crippen LogP contribution in [0.4, 0.5) is 0 Å². The van der Waals surface area contributed by atoms with E-state index in [0.717, 1.165) is 0 Å². The quantitative estimate of drug-likeness (QED) is 0.190. The molecule has 4 heteroatoms. The van der Waals surface area contributed by atoms with Crippen molar-refractivity contribution >= 4 is 11.8 Å². The van der Waals surface area contributed by atoms with Crippen LogP contribution in [0.5, 0.6) is 0 Å². The highest BCUT2D eigenvalue weighted by Crippen LogP contribution is 2.19. The SMILES string of the molecule is C#CCCCC=C(C(=O)CC(O)c1ccccc1)C(=O)OCC. The van der Waals surface area contributed by atoms with E-state index in [1.807, 2.05) is 6.07 Å². The first-order chi connectivity index (χ1) is 11.1. The molecule has 4 nitrogen and oxygen atoms in total. The summed E-state index contributed by atoms with van der Waals surface area (Å²) in [4.78, 5) is 24.3. The van der Waals surface area contributed by atoms with Crippen molar-refractivity contribution in [1.29, 1.82) is 0 Å². The van der Waals surface area contributed by atoms with Crippen LogP contribution < -0.4 is 0 Å². The molecule has 0 saturated carbocycles. The molecular formula is C19H22O4. The van der Waals surface area contributed by atoms with Gasteiger partial charge < -0.3 is 9.84 Å². The molecule has 0 radical (unpaired) electrons. The number of carbonyl (C=O) groups is 2. The van der Waals surface area contributed by atoms with Gasteiger partial charge in [0.25, 0.3) is 0 Å². The zero-order chi connectivity index (χ0) is 17.1. The van der Waals surface area contributed by atoms with E-state index in [0.29, 0.717) is 24.8 Å². The molecule has 1 unspecified atom stereocenters. The van der Waals surface area contributed by atoms with Gasteiger partial charge in [-0.15, -0.1) is 12.3 Å². The Morgan fingerprint density at radius 1 is 1.35 bits per heavy atom. The predicted octanol–water partition coefficient (Wildman–Crippen LogP) is 2.97. The average Bonchev–Trinajstić information content (AvgIpc) is 2.55. The fraction of sp³-hybridized carbons (Fsp3) is 0.368. The number of benzene rings is 1. The normalized spacial score (nSPS) is 12.3. The van der Waals surface area contributed by atoms with Crippen LogP contribution in [-0.4, -0.2) is 23.5 Å². The lowest BCUT2D eigenvalue weighted by atomic mass is 9.99. The number of rotatable bonds is 9. The summed E-state index contributed by atoms with van der Waals surface area (Å²) in [6.07, 6.45) is 7.40. The maximum Gasteiger partial charge on any atom is 0.341 e. The summed E-state index contributed by atoms with van der Waals surface area (Å²) >= 11 is 0. The number of esters is 1. The third kappa shape index (κ3) is 6.50. The highest BCUT2D eigenvalue weighted by atomic mass is 16.5. The Morgan fingerprint density at radius 2 is 2.04 bits per heavy atom. The fourth-order valence-electron chi connectivity index (χ4n) is 2.05. The molecule has 122 valence electrons. The number of terminal acetylenes is 1. The molecule has 1 aromatic rings. The van der Waals surface area contributed by atoms with E-state index in [4.69, 9.17) is 11.2 Å². The Morgan fingerprint density at radius 3 is 2.65 bits per heavy atom.